The van der Waals surface area contributed by atoms with Crippen LogP contribution in [0.25, 0.3) is 0 Å². The Bertz CT molecular complexity index is 350. The molecule has 0 radical (unpaired) electrons. The SMILES string of the molecule is Nc1nc(NC=O)nc(NC2CC2)n1. The summed E-state index contributed by atoms with van der Waals surface area (Å²) < 4.78 is 0. The lowest BCUT2D eigenvalue weighted by Crippen LogP contribution is -2.11. The second kappa shape index (κ2) is 3.44. The van der Waals surface area contributed by atoms with Crippen molar-refractivity contribution in [2.75, 3.05) is 16.4 Å². The van der Waals surface area contributed by atoms with E-state index in [4.69, 9.17) is 5.73 Å². The van der Waals surface area contributed by atoms with E-state index >= 15 is 0 Å². The molecule has 0 saturated heterocycles. The summed E-state index contributed by atoms with van der Waals surface area (Å²) in [6, 6.07) is 0.431. The molecule has 0 aliphatic heterocycles. The van der Waals surface area contributed by atoms with Gasteiger partial charge in [-0.05, 0) is 12.8 Å². The first-order chi connectivity index (χ1) is 6.78. The number of nitrogens with zero attached hydrogens (tertiary/aromatic N) is 3. The van der Waals surface area contributed by atoms with Gasteiger partial charge in [0.2, 0.25) is 24.3 Å². The molecule has 0 unspecified atom stereocenters. The zero-order valence-corrected chi connectivity index (χ0v) is 7.40. The van der Waals surface area contributed by atoms with Gasteiger partial charge in [-0.1, -0.05) is 0 Å². The van der Waals surface area contributed by atoms with Crippen molar-refractivity contribution in [2.45, 2.75) is 18.9 Å². The number of hydrogen-bond acceptors (Lipinski definition) is 6. The van der Waals surface area contributed by atoms with E-state index < -0.39 is 0 Å². The van der Waals surface area contributed by atoms with Gasteiger partial charge in [0.25, 0.3) is 0 Å². The average molecular weight is 194 g/mol. The third-order valence-corrected chi connectivity index (χ3v) is 1.75. The molecule has 1 aliphatic carbocycles. The highest BCUT2D eigenvalue weighted by Crippen LogP contribution is 2.23. The minimum Gasteiger partial charge on any atom is -0.368 e. The molecule has 1 aliphatic rings. The summed E-state index contributed by atoms with van der Waals surface area (Å²) >= 11 is 0. The Kier molecular flexibility index (Phi) is 2.13. The standard InChI is InChI=1S/C7H10N6O/c8-5-11-6(9-3-14)13-7(12-5)10-4-1-2-4/h3-4H,1-2H2,(H4,8,9,10,11,12,13,14). The van der Waals surface area contributed by atoms with E-state index in [1.54, 1.807) is 0 Å². The van der Waals surface area contributed by atoms with E-state index in [9.17, 15) is 4.79 Å². The largest absolute Gasteiger partial charge is 0.368 e. The number of hydrogen-bond donors (Lipinski definition) is 3. The van der Waals surface area contributed by atoms with Gasteiger partial charge in [0, 0.05) is 6.04 Å². The molecule has 0 aromatic carbocycles. The Labute approximate surface area is 80.1 Å². The van der Waals surface area contributed by atoms with Crippen molar-refractivity contribution in [3.63, 3.8) is 0 Å². The van der Waals surface area contributed by atoms with E-state index in [1.807, 2.05) is 0 Å². The van der Waals surface area contributed by atoms with E-state index in [-0.39, 0.29) is 11.9 Å². The van der Waals surface area contributed by atoms with Gasteiger partial charge in [-0.2, -0.15) is 15.0 Å². The maximum Gasteiger partial charge on any atom is 0.235 e. The summed E-state index contributed by atoms with van der Waals surface area (Å²) in [5.74, 6) is 0.660. The van der Waals surface area contributed by atoms with Crippen LogP contribution in [0.5, 0.6) is 0 Å². The molecule has 1 aromatic rings. The van der Waals surface area contributed by atoms with E-state index in [0.717, 1.165) is 12.8 Å². The number of amides is 1. The third kappa shape index (κ3) is 2.06. The van der Waals surface area contributed by atoms with Crippen LogP contribution in [0.4, 0.5) is 17.8 Å². The van der Waals surface area contributed by atoms with E-state index in [1.165, 1.54) is 0 Å². The van der Waals surface area contributed by atoms with Gasteiger partial charge in [-0.15, -0.1) is 0 Å². The summed E-state index contributed by atoms with van der Waals surface area (Å²) in [5.41, 5.74) is 5.43. The topological polar surface area (TPSA) is 106 Å². The molecule has 7 nitrogen and oxygen atoms in total. The number of carbonyl (C=O) groups is 1. The van der Waals surface area contributed by atoms with Crippen LogP contribution in [0.1, 0.15) is 12.8 Å². The first-order valence-corrected chi connectivity index (χ1v) is 4.26. The number of nitrogen functional groups attached to an aromatic ring is 1. The zero-order chi connectivity index (χ0) is 9.97. The zero-order valence-electron chi connectivity index (χ0n) is 7.40. The third-order valence-electron chi connectivity index (χ3n) is 1.75. The van der Waals surface area contributed by atoms with Gasteiger partial charge in [0.1, 0.15) is 0 Å². The van der Waals surface area contributed by atoms with Crippen LogP contribution in [-0.2, 0) is 4.79 Å². The fourth-order valence-electron chi connectivity index (χ4n) is 0.984. The molecule has 1 fully saturated rings. The first-order valence-electron chi connectivity index (χ1n) is 4.26. The van der Waals surface area contributed by atoms with Crippen molar-refractivity contribution in [3.05, 3.63) is 0 Å². The Morgan fingerprint density at radius 2 is 2.00 bits per heavy atom. The van der Waals surface area contributed by atoms with Crippen LogP contribution < -0.4 is 16.4 Å². The lowest BCUT2D eigenvalue weighted by Gasteiger charge is -2.04. The lowest BCUT2D eigenvalue weighted by molar-refractivity contribution is -0.105. The van der Waals surface area contributed by atoms with Gasteiger partial charge in [-0.25, -0.2) is 0 Å². The molecule has 1 aromatic heterocycles. The smallest absolute Gasteiger partial charge is 0.235 e. The lowest BCUT2D eigenvalue weighted by atomic mass is 10.7. The highest BCUT2D eigenvalue weighted by molar-refractivity contribution is 5.67. The van der Waals surface area contributed by atoms with Gasteiger partial charge < -0.3 is 11.1 Å². The predicted octanol–water partition coefficient (Wildman–Crippen LogP) is -0.404. The number of nitrogens with one attached hydrogen (secondary N) is 2. The Morgan fingerprint density at radius 3 is 2.64 bits per heavy atom. The quantitative estimate of drug-likeness (QED) is 0.563. The summed E-state index contributed by atoms with van der Waals surface area (Å²) in [6.45, 7) is 0. The van der Waals surface area contributed by atoms with Crippen LogP contribution in [0, 0.1) is 0 Å². The van der Waals surface area contributed by atoms with Crippen molar-refractivity contribution < 1.29 is 4.79 Å². The number of anilines is 3. The summed E-state index contributed by atoms with van der Waals surface area (Å²) in [6.07, 6.45) is 2.72. The van der Waals surface area contributed by atoms with E-state index in [0.29, 0.717) is 18.4 Å². The van der Waals surface area contributed by atoms with Crippen molar-refractivity contribution in [3.8, 4) is 0 Å². The van der Waals surface area contributed by atoms with E-state index in [2.05, 4.69) is 25.6 Å². The number of aromatic nitrogens is 3. The van der Waals surface area contributed by atoms with Crippen molar-refractivity contribution in [1.29, 1.82) is 0 Å². The van der Waals surface area contributed by atoms with Crippen LogP contribution in [-0.4, -0.2) is 27.4 Å². The summed E-state index contributed by atoms with van der Waals surface area (Å²) in [4.78, 5) is 21.7. The van der Waals surface area contributed by atoms with Crippen molar-refractivity contribution in [2.24, 2.45) is 0 Å². The molecular formula is C7H10N6O. The molecule has 1 saturated carbocycles. The highest BCUT2D eigenvalue weighted by Gasteiger charge is 2.22. The molecule has 0 bridgehead atoms. The molecule has 0 atom stereocenters. The molecule has 1 amide bonds. The van der Waals surface area contributed by atoms with Gasteiger partial charge in [0.15, 0.2) is 0 Å². The van der Waals surface area contributed by atoms with Crippen LogP contribution in [0.2, 0.25) is 0 Å². The number of carbonyl (C=O) groups excluding carboxylic acids is 1. The van der Waals surface area contributed by atoms with Gasteiger partial charge in [-0.3, -0.25) is 10.1 Å². The fraction of sp³-hybridized carbons (Fsp3) is 0.429. The second-order valence-corrected chi connectivity index (χ2v) is 3.02. The van der Waals surface area contributed by atoms with Crippen LogP contribution >= 0.6 is 0 Å². The monoisotopic (exact) mass is 194 g/mol. The molecular weight excluding hydrogens is 184 g/mol. The molecule has 2 rings (SSSR count). The van der Waals surface area contributed by atoms with Crippen LogP contribution in [0.3, 0.4) is 0 Å². The maximum absolute atomic E-state index is 10.2. The predicted molar refractivity (Wildman–Crippen MR) is 50.6 cm³/mol. The maximum atomic E-state index is 10.2. The Morgan fingerprint density at radius 1 is 1.29 bits per heavy atom. The van der Waals surface area contributed by atoms with Crippen LogP contribution in [0.15, 0.2) is 0 Å². The molecule has 7 heteroatoms. The van der Waals surface area contributed by atoms with Gasteiger partial charge >= 0.3 is 0 Å². The highest BCUT2D eigenvalue weighted by atomic mass is 16.1. The minimum atomic E-state index is 0.0903. The fourth-order valence-corrected chi connectivity index (χ4v) is 0.984. The Hall–Kier alpha value is -1.92. The number of rotatable bonds is 4. The summed E-state index contributed by atoms with van der Waals surface area (Å²) in [7, 11) is 0. The second-order valence-electron chi connectivity index (χ2n) is 3.02. The van der Waals surface area contributed by atoms with Gasteiger partial charge in [0.05, 0.1) is 0 Å². The minimum absolute atomic E-state index is 0.0903. The molecule has 74 valence electrons. The van der Waals surface area contributed by atoms with Crippen molar-refractivity contribution in [1.82, 2.24) is 15.0 Å². The number of nitrogens with two attached hydrogens (primary N) is 1. The average Bonchev–Trinajstić information content (AvgIpc) is 2.87. The molecule has 1 heterocycles. The molecule has 0 spiro atoms. The normalized spacial score (nSPS) is 14.9. The molecule has 14 heavy (non-hydrogen) atoms. The first kappa shape index (κ1) is 8.67. The molecule has 4 N–H and O–H groups in total. The summed E-state index contributed by atoms with van der Waals surface area (Å²) in [5, 5.41) is 5.38. The van der Waals surface area contributed by atoms with Crippen molar-refractivity contribution >= 4 is 24.3 Å². The Balaban J connectivity index is 2.16.